The van der Waals surface area contributed by atoms with Gasteiger partial charge in [-0.1, -0.05) is 65.1 Å². The summed E-state index contributed by atoms with van der Waals surface area (Å²) in [7, 11) is 0. The molecule has 3 heterocycles. The first kappa shape index (κ1) is 86.3. The van der Waals surface area contributed by atoms with Crippen LogP contribution in [0.3, 0.4) is 0 Å². The number of isocyanates is 2. The number of carbonyl (C=O) groups is 3. The van der Waals surface area contributed by atoms with E-state index in [0.29, 0.717) is 92.6 Å². The van der Waals surface area contributed by atoms with Crippen LogP contribution in [0.4, 0.5) is 9.59 Å². The number of urea groups is 1. The number of thiol groups is 7. The van der Waals surface area contributed by atoms with Gasteiger partial charge in [-0.05, 0) is 177 Å². The molecule has 0 bridgehead atoms. The molecule has 0 spiro atoms. The van der Waals surface area contributed by atoms with Gasteiger partial charge in [0.25, 0.3) is 5.24 Å². The van der Waals surface area contributed by atoms with Gasteiger partial charge in [-0.3, -0.25) is 14.5 Å². The van der Waals surface area contributed by atoms with Gasteiger partial charge in [0.05, 0.1) is 25.9 Å². The lowest BCUT2D eigenvalue weighted by molar-refractivity contribution is -0.112. The number of aliphatic imine (C=N–C) groups is 2. The highest BCUT2D eigenvalue weighted by atomic mass is 32.2. The molecule has 3 aliphatic rings. The molecule has 2 saturated carbocycles. The molecule has 23 nitrogen and oxygen atoms in total. The lowest BCUT2D eigenvalue weighted by atomic mass is 9.60. The fraction of sp³-hybridized carbons (Fsp3) is 0.825. The molecule has 32 heteroatoms. The standard InChI is InChI=1S/C37H61N7O8S6.C14H29N3OS3.C12H18N2O2/c1-36(2)23-27(22-28(45)57-20-8-14-43-32(49)39(10-4-16-53)30(47)40(33(43)50)11-5-17-54)24-37(3,25-36)26-38-29(46)58-21-9-15-44-34(51)41(12-6-18-55)31(48)42(35(44)52)13-7-19-56;18-14-16(7-1-3-9-19)12-15(6-5-11-21)13-17(14)8-2-4-10-20;1-11(2)4-10(14-9-16)5-12(3,6-11)7-13-8-15/h27,53-56H,4-26H2,1-3H3,(H,38,46);19-21H,1-13H2;10H,4-7H2,1-3H3. The van der Waals surface area contributed by atoms with Crippen LogP contribution in [0.15, 0.2) is 38.8 Å². The van der Waals surface area contributed by atoms with Crippen LogP contribution in [0, 0.1) is 27.6 Å². The van der Waals surface area contributed by atoms with E-state index in [-0.39, 0.29) is 89.3 Å². The Kier molecular flexibility index (Phi) is 41.0. The third-order valence-electron chi connectivity index (χ3n) is 16.9. The Morgan fingerprint density at radius 2 is 0.863 bits per heavy atom. The topological polar surface area (TPSA) is 264 Å². The first-order valence-electron chi connectivity index (χ1n) is 33.2. The lowest BCUT2D eigenvalue weighted by Gasteiger charge is -2.46. The third kappa shape index (κ3) is 30.1. The molecular formula is C63H108N12O11S9. The van der Waals surface area contributed by atoms with Crippen molar-refractivity contribution in [3.63, 3.8) is 0 Å². The third-order valence-corrected chi connectivity index (χ3v) is 21.0. The number of hydrogen-bond donors (Lipinski definition) is 8. The second kappa shape index (κ2) is 45.1. The zero-order valence-electron chi connectivity index (χ0n) is 56.8. The van der Waals surface area contributed by atoms with Crippen molar-refractivity contribution in [2.75, 3.05) is 97.8 Å². The molecule has 2 aromatic rings. The molecule has 95 heavy (non-hydrogen) atoms. The van der Waals surface area contributed by atoms with Crippen molar-refractivity contribution < 1.29 is 24.0 Å². The van der Waals surface area contributed by atoms with E-state index in [2.05, 4.69) is 150 Å². The summed E-state index contributed by atoms with van der Waals surface area (Å²) in [5, 5.41) is 2.87. The summed E-state index contributed by atoms with van der Waals surface area (Å²) in [6.07, 6.45) is 16.7. The molecule has 1 aliphatic heterocycles. The molecule has 4 atom stereocenters. The average molecular weight is 1500 g/mol. The Labute approximate surface area is 608 Å². The summed E-state index contributed by atoms with van der Waals surface area (Å²) in [5.74, 6) is 5.49. The molecule has 2 aliphatic carbocycles. The maximum absolute atomic E-state index is 13.2. The molecule has 2 aromatic heterocycles. The van der Waals surface area contributed by atoms with Crippen LogP contribution in [-0.2, 0) is 53.7 Å². The molecule has 3 fully saturated rings. The van der Waals surface area contributed by atoms with Gasteiger partial charge in [0.15, 0.2) is 5.12 Å². The van der Waals surface area contributed by atoms with Gasteiger partial charge < -0.3 is 15.1 Å². The highest BCUT2D eigenvalue weighted by Gasteiger charge is 2.43. The molecule has 1 saturated heterocycles. The second-order valence-corrected chi connectivity index (χ2v) is 32.6. The van der Waals surface area contributed by atoms with Crippen molar-refractivity contribution in [2.24, 2.45) is 37.6 Å². The number of aromatic nitrogens is 6. The molecule has 0 radical (unpaired) electrons. The number of amides is 3. The number of rotatable bonds is 38. The first-order valence-corrected chi connectivity index (χ1v) is 39.6. The predicted molar refractivity (Wildman–Crippen MR) is 409 cm³/mol. The van der Waals surface area contributed by atoms with E-state index in [9.17, 15) is 52.7 Å². The summed E-state index contributed by atoms with van der Waals surface area (Å²) in [6.45, 7) is 18.8. The summed E-state index contributed by atoms with van der Waals surface area (Å²) in [4.78, 5) is 151. The van der Waals surface area contributed by atoms with E-state index in [0.717, 1.165) is 160 Å². The smallest absolute Gasteiger partial charge is 0.336 e. The van der Waals surface area contributed by atoms with Gasteiger partial charge in [0.2, 0.25) is 12.2 Å². The van der Waals surface area contributed by atoms with Crippen molar-refractivity contribution in [2.45, 2.75) is 202 Å². The Morgan fingerprint density at radius 1 is 0.474 bits per heavy atom. The number of hydrogen-bond acceptors (Lipinski definition) is 23. The maximum atomic E-state index is 13.2. The second-order valence-electron chi connectivity index (χ2n) is 27.2. The minimum absolute atomic E-state index is 0.00750. The summed E-state index contributed by atoms with van der Waals surface area (Å²) < 4.78 is 6.49. The van der Waals surface area contributed by atoms with E-state index in [4.69, 9.17) is 0 Å². The van der Waals surface area contributed by atoms with E-state index in [1.54, 1.807) is 12.2 Å². The molecule has 0 aromatic carbocycles. The van der Waals surface area contributed by atoms with Crippen molar-refractivity contribution in [1.29, 1.82) is 0 Å². The van der Waals surface area contributed by atoms with Gasteiger partial charge in [-0.25, -0.2) is 80.5 Å². The quantitative estimate of drug-likeness (QED) is 0.0136. The van der Waals surface area contributed by atoms with Crippen LogP contribution in [-0.4, -0.2) is 175 Å². The van der Waals surface area contributed by atoms with Crippen molar-refractivity contribution >= 4 is 140 Å². The van der Waals surface area contributed by atoms with Crippen LogP contribution in [0.2, 0.25) is 0 Å². The zero-order valence-corrected chi connectivity index (χ0v) is 64.7. The molecule has 1 N–H and O–H groups in total. The minimum Gasteiger partial charge on any atom is -0.346 e. The predicted octanol–water partition coefficient (Wildman–Crippen LogP) is 8.27. The number of nitrogens with one attached hydrogen (secondary N) is 1. The number of carbonyl (C=O) groups excluding carboxylic acids is 5. The molecule has 540 valence electrons. The Bertz CT molecular complexity index is 3080. The molecular weight excluding hydrogens is 1390 g/mol. The van der Waals surface area contributed by atoms with Gasteiger partial charge in [0.1, 0.15) is 0 Å². The van der Waals surface area contributed by atoms with Crippen molar-refractivity contribution in [3.05, 3.63) is 62.9 Å². The van der Waals surface area contributed by atoms with Crippen LogP contribution < -0.4 is 39.5 Å². The largest absolute Gasteiger partial charge is 0.346 e. The first-order chi connectivity index (χ1) is 45.2. The molecule has 3 amide bonds. The Hall–Kier alpha value is -2.90. The highest BCUT2D eigenvalue weighted by molar-refractivity contribution is 8.13. The van der Waals surface area contributed by atoms with E-state index < -0.39 is 34.1 Å². The van der Waals surface area contributed by atoms with Gasteiger partial charge in [0, 0.05) is 83.4 Å². The van der Waals surface area contributed by atoms with Crippen molar-refractivity contribution in [1.82, 2.24) is 47.4 Å². The number of unbranched alkanes of at least 4 members (excludes halogenated alkanes) is 2. The summed E-state index contributed by atoms with van der Waals surface area (Å²) in [5.41, 5.74) is -4.10. The van der Waals surface area contributed by atoms with Crippen LogP contribution in [0.1, 0.15) is 157 Å². The Balaban J connectivity index is 0.000000511. The van der Waals surface area contributed by atoms with Crippen LogP contribution in [0.5, 0.6) is 0 Å². The van der Waals surface area contributed by atoms with Crippen LogP contribution >= 0.6 is 112 Å². The summed E-state index contributed by atoms with van der Waals surface area (Å²) in [6, 6.07) is 0.198. The van der Waals surface area contributed by atoms with Crippen molar-refractivity contribution in [3.8, 4) is 0 Å². The fourth-order valence-electron chi connectivity index (χ4n) is 13.5. The molecule has 4 unspecified atom stereocenters. The highest BCUT2D eigenvalue weighted by Crippen LogP contribution is 2.50. The normalized spacial score (nSPS) is 20.0. The number of nitrogens with zero attached hydrogens (tertiary/aromatic N) is 11. The SMILES string of the molecule is CC1(C)CC(CC(=O)SCCCn2c(=O)n(CCCS)c(=O)n(CCCS)c2=O)CC(C)(CNC(=O)SCCCn2c(=O)n(CCCS)c(=O)n(CCCS)c2=O)C1.CC1(C)CC(N=C=O)CC(C)(CN=C=O)C1.O=C1N(CCCCS)CN(CCCS)CN1CCCCS. The number of thioether (sulfide) groups is 2. The van der Waals surface area contributed by atoms with E-state index in [1.807, 2.05) is 9.80 Å². The fourth-order valence-corrected chi connectivity index (χ4v) is 16.2. The van der Waals surface area contributed by atoms with Gasteiger partial charge in [-0.15, -0.1) is 0 Å². The minimum atomic E-state index is -0.656. The average Bonchev–Trinajstić information content (AvgIpc) is 0.812. The van der Waals surface area contributed by atoms with Gasteiger partial charge >= 0.3 is 40.2 Å². The monoisotopic (exact) mass is 1500 g/mol. The van der Waals surface area contributed by atoms with E-state index in [1.165, 1.54) is 11.8 Å². The van der Waals surface area contributed by atoms with E-state index >= 15 is 0 Å². The maximum Gasteiger partial charge on any atom is 0.336 e. The lowest BCUT2D eigenvalue weighted by Crippen LogP contribution is -2.58. The van der Waals surface area contributed by atoms with Crippen LogP contribution in [0.25, 0.3) is 0 Å². The molecule has 5 rings (SSSR count). The zero-order chi connectivity index (χ0) is 70.8. The Morgan fingerprint density at radius 3 is 1.27 bits per heavy atom. The van der Waals surface area contributed by atoms with Gasteiger partial charge in [-0.2, -0.15) is 88.4 Å². The summed E-state index contributed by atoms with van der Waals surface area (Å²) >= 11 is 31.8.